The predicted molar refractivity (Wildman–Crippen MR) is 159 cm³/mol. The molecule has 41 heavy (non-hydrogen) atoms. The Hall–Kier alpha value is -3.60. The average molecular weight is 555 g/mol. The van der Waals surface area contributed by atoms with Crippen molar-refractivity contribution >= 4 is 11.5 Å². The largest absolute Gasteiger partial charge is 0.497 e. The maximum atomic E-state index is 15.3. The Labute approximate surface area is 242 Å². The molecule has 214 valence electrons. The maximum absolute atomic E-state index is 15.3. The molecular weight excluding hydrogens is 515 g/mol. The number of carbonyl (C=O) groups is 1. The van der Waals surface area contributed by atoms with Gasteiger partial charge in [0.25, 0.3) is 0 Å². The van der Waals surface area contributed by atoms with Gasteiger partial charge in [-0.3, -0.25) is 4.79 Å². The molecule has 3 aromatic carbocycles. The smallest absolute Gasteiger partial charge is 0.303 e. The van der Waals surface area contributed by atoms with Gasteiger partial charge in [-0.25, -0.2) is 4.39 Å². The monoisotopic (exact) mass is 554 g/mol. The molecule has 5 heteroatoms. The molecule has 2 fully saturated rings. The quantitative estimate of drug-likeness (QED) is 0.272. The van der Waals surface area contributed by atoms with E-state index in [9.17, 15) is 9.90 Å². The van der Waals surface area contributed by atoms with Crippen LogP contribution in [0.4, 0.5) is 4.39 Å². The SMILES string of the molecule is COc1ccc(F)c(-c2ccc(COc3cccc([C@H](CC(=O)O)C4CC4)c3)cc2C2=CC3CCC2(C)C3(C)C)c1. The summed E-state index contributed by atoms with van der Waals surface area (Å²) in [6.45, 7) is 7.44. The third kappa shape index (κ3) is 4.94. The molecule has 6 rings (SSSR count). The minimum atomic E-state index is -0.764. The summed E-state index contributed by atoms with van der Waals surface area (Å²) in [5, 5.41) is 9.43. The Morgan fingerprint density at radius 2 is 1.78 bits per heavy atom. The number of ether oxygens (including phenoxy) is 2. The van der Waals surface area contributed by atoms with Crippen LogP contribution in [0.15, 0.2) is 66.7 Å². The minimum Gasteiger partial charge on any atom is -0.497 e. The van der Waals surface area contributed by atoms with Crippen molar-refractivity contribution in [3.63, 3.8) is 0 Å². The van der Waals surface area contributed by atoms with Crippen LogP contribution >= 0.6 is 0 Å². The van der Waals surface area contributed by atoms with Crippen molar-refractivity contribution in [2.45, 2.75) is 65.4 Å². The molecule has 0 aliphatic heterocycles. The van der Waals surface area contributed by atoms with Crippen molar-refractivity contribution in [1.29, 1.82) is 0 Å². The number of hydrogen-bond donors (Lipinski definition) is 1. The van der Waals surface area contributed by atoms with Crippen molar-refractivity contribution in [3.05, 3.63) is 89.2 Å². The van der Waals surface area contributed by atoms with E-state index in [1.807, 2.05) is 36.4 Å². The lowest BCUT2D eigenvalue weighted by molar-refractivity contribution is -0.137. The van der Waals surface area contributed by atoms with Gasteiger partial charge in [-0.2, -0.15) is 0 Å². The van der Waals surface area contributed by atoms with E-state index in [1.54, 1.807) is 19.2 Å². The highest BCUT2D eigenvalue weighted by Crippen LogP contribution is 2.68. The van der Waals surface area contributed by atoms with Crippen molar-refractivity contribution in [2.75, 3.05) is 7.11 Å². The molecule has 0 spiro atoms. The van der Waals surface area contributed by atoms with Gasteiger partial charge in [0, 0.05) is 5.56 Å². The van der Waals surface area contributed by atoms with Gasteiger partial charge in [-0.05, 0) is 118 Å². The zero-order valence-corrected chi connectivity index (χ0v) is 24.4. The van der Waals surface area contributed by atoms with E-state index in [4.69, 9.17) is 9.47 Å². The van der Waals surface area contributed by atoms with E-state index in [1.165, 1.54) is 18.1 Å². The Balaban J connectivity index is 1.34. The lowest BCUT2D eigenvalue weighted by Gasteiger charge is -2.38. The first-order valence-electron chi connectivity index (χ1n) is 14.7. The van der Waals surface area contributed by atoms with Gasteiger partial charge in [-0.1, -0.05) is 51.1 Å². The van der Waals surface area contributed by atoms with Gasteiger partial charge < -0.3 is 14.6 Å². The molecule has 0 saturated heterocycles. The van der Waals surface area contributed by atoms with E-state index >= 15 is 4.39 Å². The highest BCUT2D eigenvalue weighted by molar-refractivity contribution is 5.86. The van der Waals surface area contributed by atoms with Gasteiger partial charge in [0.05, 0.1) is 13.5 Å². The van der Waals surface area contributed by atoms with Crippen molar-refractivity contribution in [2.24, 2.45) is 22.7 Å². The van der Waals surface area contributed by atoms with Crippen LogP contribution in [0.1, 0.15) is 75.5 Å². The van der Waals surface area contributed by atoms with Gasteiger partial charge in [-0.15, -0.1) is 0 Å². The summed E-state index contributed by atoms with van der Waals surface area (Å²) in [5.74, 6) is 1.28. The third-order valence-corrected chi connectivity index (χ3v) is 10.4. The van der Waals surface area contributed by atoms with E-state index in [0.717, 1.165) is 47.3 Å². The van der Waals surface area contributed by atoms with Crippen LogP contribution in [0.25, 0.3) is 16.7 Å². The number of aliphatic carboxylic acids is 1. The number of methoxy groups -OCH3 is 1. The minimum absolute atomic E-state index is 0.00245. The predicted octanol–water partition coefficient (Wildman–Crippen LogP) is 8.89. The fourth-order valence-electron chi connectivity index (χ4n) is 7.30. The molecule has 1 N–H and O–H groups in total. The van der Waals surface area contributed by atoms with Crippen molar-refractivity contribution in [3.8, 4) is 22.6 Å². The Morgan fingerprint density at radius 3 is 2.44 bits per heavy atom. The zero-order chi connectivity index (χ0) is 28.9. The second kappa shape index (κ2) is 10.3. The fourth-order valence-corrected chi connectivity index (χ4v) is 7.30. The first kappa shape index (κ1) is 27.6. The standard InChI is InChI=1S/C36H39FO4/c1-35(2)25-14-15-36(35,3)32(18-25)30-16-22(8-12-28(30)31-19-26(40-4)11-13-33(31)37)21-41-27-7-5-6-24(17-27)29(20-34(38)39)23-9-10-23/h5-8,11-13,16-19,23,25,29H,9-10,14-15,20-21H2,1-4H3,(H,38,39)/t25?,29-,36?/m1/s1. The first-order valence-corrected chi connectivity index (χ1v) is 14.7. The van der Waals surface area contributed by atoms with Gasteiger partial charge in [0.2, 0.25) is 0 Å². The summed E-state index contributed by atoms with van der Waals surface area (Å²) >= 11 is 0. The number of allylic oxidation sites excluding steroid dienone is 2. The van der Waals surface area contributed by atoms with Crippen LogP contribution in [-0.4, -0.2) is 18.2 Å². The van der Waals surface area contributed by atoms with Crippen molar-refractivity contribution in [1.82, 2.24) is 0 Å². The molecule has 0 aromatic heterocycles. The normalized spacial score (nSPS) is 23.2. The van der Waals surface area contributed by atoms with Gasteiger partial charge in [0.15, 0.2) is 0 Å². The molecule has 2 unspecified atom stereocenters. The number of benzene rings is 3. The summed E-state index contributed by atoms with van der Waals surface area (Å²) in [6, 6.07) is 19.0. The lowest BCUT2D eigenvalue weighted by atomic mass is 9.65. The Bertz CT molecular complexity index is 1520. The third-order valence-electron chi connectivity index (χ3n) is 10.4. The van der Waals surface area contributed by atoms with Crippen LogP contribution in [0.3, 0.4) is 0 Å². The Kier molecular flexibility index (Phi) is 6.96. The number of carboxylic acids is 1. The first-order chi connectivity index (χ1) is 19.6. The van der Waals surface area contributed by atoms with E-state index in [0.29, 0.717) is 29.8 Å². The molecule has 2 saturated carbocycles. The second-order valence-corrected chi connectivity index (χ2v) is 12.9. The van der Waals surface area contributed by atoms with Gasteiger partial charge in [0.1, 0.15) is 23.9 Å². The van der Waals surface area contributed by atoms with Crippen LogP contribution in [0.5, 0.6) is 11.5 Å². The highest BCUT2D eigenvalue weighted by Gasteiger charge is 2.57. The van der Waals surface area contributed by atoms with Gasteiger partial charge >= 0.3 is 5.97 Å². The molecule has 3 aromatic rings. The average Bonchev–Trinajstić information content (AvgIpc) is 3.75. The Morgan fingerprint density at radius 1 is 0.976 bits per heavy atom. The molecule has 3 atom stereocenters. The van der Waals surface area contributed by atoms with Crippen molar-refractivity contribution < 1.29 is 23.8 Å². The van der Waals surface area contributed by atoms with Crippen LogP contribution in [-0.2, 0) is 11.4 Å². The molecule has 0 amide bonds. The fraction of sp³-hybridized carbons (Fsp3) is 0.417. The molecule has 4 nitrogen and oxygen atoms in total. The molecule has 0 radical (unpaired) electrons. The van der Waals surface area contributed by atoms with Crippen LogP contribution in [0.2, 0.25) is 0 Å². The highest BCUT2D eigenvalue weighted by atomic mass is 19.1. The molecule has 0 heterocycles. The van der Waals surface area contributed by atoms with E-state index in [2.05, 4.69) is 32.9 Å². The van der Waals surface area contributed by atoms with Crippen LogP contribution in [0, 0.1) is 28.5 Å². The summed E-state index contributed by atoms with van der Waals surface area (Å²) in [4.78, 5) is 11.5. The number of fused-ring (bicyclic) bond motifs is 2. The summed E-state index contributed by atoms with van der Waals surface area (Å²) in [7, 11) is 1.60. The molecule has 3 aliphatic carbocycles. The topological polar surface area (TPSA) is 55.8 Å². The van der Waals surface area contributed by atoms with Crippen LogP contribution < -0.4 is 9.47 Å². The molecule has 3 aliphatic rings. The summed E-state index contributed by atoms with van der Waals surface area (Å²) < 4.78 is 27.0. The molecule has 2 bridgehead atoms. The number of carboxylic acid groups (broad SMARTS) is 1. The second-order valence-electron chi connectivity index (χ2n) is 12.9. The summed E-state index contributed by atoms with van der Waals surface area (Å²) in [5.41, 5.74) is 5.91. The summed E-state index contributed by atoms with van der Waals surface area (Å²) in [6.07, 6.45) is 7.03. The number of halogens is 1. The lowest BCUT2D eigenvalue weighted by Crippen LogP contribution is -2.29. The van der Waals surface area contributed by atoms with E-state index < -0.39 is 5.97 Å². The zero-order valence-electron chi connectivity index (χ0n) is 24.4. The number of hydrogen-bond acceptors (Lipinski definition) is 3. The number of rotatable bonds is 10. The van der Waals surface area contributed by atoms with E-state index in [-0.39, 0.29) is 29.0 Å². The maximum Gasteiger partial charge on any atom is 0.303 e. The molecular formula is C36H39FO4.